The highest BCUT2D eigenvalue weighted by atomic mass is 16.5. The fraction of sp³-hybridized carbons (Fsp3) is 0.417. The third kappa shape index (κ3) is 2.34. The molecule has 3 N–H and O–H groups in total. The van der Waals surface area contributed by atoms with Crippen LogP contribution in [0.1, 0.15) is 6.92 Å². The number of amides is 1. The molecule has 0 radical (unpaired) electrons. The molecule has 0 saturated heterocycles. The van der Waals surface area contributed by atoms with E-state index in [0.717, 1.165) is 17.9 Å². The molecule has 1 aliphatic heterocycles. The lowest BCUT2D eigenvalue weighted by molar-refractivity contribution is -0.122. The third-order valence-electron chi connectivity index (χ3n) is 2.80. The fourth-order valence-corrected chi connectivity index (χ4v) is 1.76. The number of nitrogens with zero attached hydrogens (tertiary/aromatic N) is 1. The number of hydrogen-bond donors (Lipinski definition) is 2. The van der Waals surface area contributed by atoms with Gasteiger partial charge in [-0.25, -0.2) is 0 Å². The number of fused-ring (bicyclic) bond motifs is 1. The van der Waals surface area contributed by atoms with Gasteiger partial charge in [0.2, 0.25) is 0 Å². The van der Waals surface area contributed by atoms with Gasteiger partial charge in [0.15, 0.2) is 6.10 Å². The second-order valence-corrected chi connectivity index (χ2v) is 4.14. The van der Waals surface area contributed by atoms with Crippen molar-refractivity contribution in [3.05, 3.63) is 18.2 Å². The van der Waals surface area contributed by atoms with E-state index in [1.807, 2.05) is 30.1 Å². The van der Waals surface area contributed by atoms with Crippen molar-refractivity contribution < 1.29 is 9.53 Å². The molecular weight excluding hydrogens is 218 g/mol. The molecule has 1 aromatic carbocycles. The maximum absolute atomic E-state index is 11.5. The highest BCUT2D eigenvalue weighted by Crippen LogP contribution is 2.32. The van der Waals surface area contributed by atoms with E-state index in [0.29, 0.717) is 12.3 Å². The molecule has 1 atom stereocenters. The lowest BCUT2D eigenvalue weighted by Crippen LogP contribution is -2.34. The van der Waals surface area contributed by atoms with Crippen molar-refractivity contribution >= 4 is 17.3 Å². The summed E-state index contributed by atoms with van der Waals surface area (Å²) in [7, 11) is 1.96. The summed E-state index contributed by atoms with van der Waals surface area (Å²) in [6.07, 6.45) is -0.435. The number of carbonyl (C=O) groups is 1. The lowest BCUT2D eigenvalue weighted by Gasteiger charge is -2.25. The molecule has 92 valence electrons. The summed E-state index contributed by atoms with van der Waals surface area (Å²) in [5, 5.41) is 2.83. The van der Waals surface area contributed by atoms with E-state index < -0.39 is 6.10 Å². The van der Waals surface area contributed by atoms with Crippen LogP contribution in [0.2, 0.25) is 0 Å². The van der Waals surface area contributed by atoms with Crippen LogP contribution in [0.15, 0.2) is 18.2 Å². The minimum Gasteiger partial charge on any atom is -0.479 e. The van der Waals surface area contributed by atoms with Gasteiger partial charge < -0.3 is 20.7 Å². The van der Waals surface area contributed by atoms with E-state index in [1.165, 1.54) is 0 Å². The van der Waals surface area contributed by atoms with Gasteiger partial charge in [0.25, 0.3) is 5.91 Å². The van der Waals surface area contributed by atoms with Gasteiger partial charge in [-0.05, 0) is 25.1 Å². The quantitative estimate of drug-likeness (QED) is 0.813. The Hall–Kier alpha value is -1.75. The van der Waals surface area contributed by atoms with Crippen molar-refractivity contribution in [3.63, 3.8) is 0 Å². The van der Waals surface area contributed by atoms with Crippen molar-refractivity contribution in [3.8, 4) is 5.75 Å². The van der Waals surface area contributed by atoms with Crippen LogP contribution in [0.3, 0.4) is 0 Å². The first-order chi connectivity index (χ1) is 8.11. The van der Waals surface area contributed by atoms with Crippen LogP contribution in [0, 0.1) is 0 Å². The number of nitrogens with one attached hydrogen (secondary N) is 1. The molecule has 0 aliphatic carbocycles. The Bertz CT molecular complexity index is 434. The van der Waals surface area contributed by atoms with E-state index in [2.05, 4.69) is 5.32 Å². The molecule has 0 fully saturated rings. The summed E-state index contributed by atoms with van der Waals surface area (Å²) in [6, 6.07) is 5.72. The number of rotatable bonds is 3. The van der Waals surface area contributed by atoms with Gasteiger partial charge in [0.1, 0.15) is 5.75 Å². The molecule has 5 heteroatoms. The Morgan fingerprint density at radius 2 is 2.29 bits per heavy atom. The number of nitrogens with two attached hydrogens (primary N) is 1. The SMILES string of the molecule is CC1Oc2ccc(N(C)CCN)cc2NC1=O. The summed E-state index contributed by atoms with van der Waals surface area (Å²) in [5.74, 6) is 0.595. The summed E-state index contributed by atoms with van der Waals surface area (Å²) in [6.45, 7) is 3.09. The Balaban J connectivity index is 2.25. The Morgan fingerprint density at radius 3 is 3.00 bits per heavy atom. The van der Waals surface area contributed by atoms with Crippen LogP contribution in [0.5, 0.6) is 5.75 Å². The second kappa shape index (κ2) is 4.63. The lowest BCUT2D eigenvalue weighted by atomic mass is 10.2. The molecule has 5 nitrogen and oxygen atoms in total. The average Bonchev–Trinajstić information content (AvgIpc) is 2.30. The molecule has 0 bridgehead atoms. The maximum atomic E-state index is 11.5. The molecule has 17 heavy (non-hydrogen) atoms. The first-order valence-corrected chi connectivity index (χ1v) is 5.64. The summed E-state index contributed by atoms with van der Waals surface area (Å²) >= 11 is 0. The minimum atomic E-state index is -0.435. The van der Waals surface area contributed by atoms with Gasteiger partial charge in [-0.1, -0.05) is 0 Å². The molecule has 1 aliphatic rings. The third-order valence-corrected chi connectivity index (χ3v) is 2.80. The molecule has 1 amide bonds. The largest absolute Gasteiger partial charge is 0.479 e. The summed E-state index contributed by atoms with van der Waals surface area (Å²) in [5.41, 5.74) is 7.23. The van der Waals surface area contributed by atoms with E-state index in [9.17, 15) is 4.79 Å². The maximum Gasteiger partial charge on any atom is 0.265 e. The average molecular weight is 235 g/mol. The molecule has 0 saturated carbocycles. The van der Waals surface area contributed by atoms with Gasteiger partial charge in [0, 0.05) is 25.8 Å². The van der Waals surface area contributed by atoms with Gasteiger partial charge in [-0.2, -0.15) is 0 Å². The van der Waals surface area contributed by atoms with Gasteiger partial charge in [-0.3, -0.25) is 4.79 Å². The molecule has 1 aromatic rings. The smallest absolute Gasteiger partial charge is 0.265 e. The molecule has 2 rings (SSSR count). The fourth-order valence-electron chi connectivity index (χ4n) is 1.76. The van der Waals surface area contributed by atoms with Gasteiger partial charge >= 0.3 is 0 Å². The number of anilines is 2. The number of carbonyl (C=O) groups excluding carboxylic acids is 1. The van der Waals surface area contributed by atoms with Crippen molar-refractivity contribution in [2.75, 3.05) is 30.4 Å². The van der Waals surface area contributed by atoms with E-state index in [-0.39, 0.29) is 5.91 Å². The molecular formula is C12H17N3O2. The van der Waals surface area contributed by atoms with E-state index in [4.69, 9.17) is 10.5 Å². The van der Waals surface area contributed by atoms with Crippen LogP contribution in [-0.2, 0) is 4.79 Å². The van der Waals surface area contributed by atoms with Crippen LogP contribution in [-0.4, -0.2) is 32.1 Å². The normalized spacial score (nSPS) is 18.1. The topological polar surface area (TPSA) is 67.6 Å². The zero-order valence-corrected chi connectivity index (χ0v) is 10.1. The number of ether oxygens (including phenoxy) is 1. The predicted octanol–water partition coefficient (Wildman–Crippen LogP) is 0.801. The number of benzene rings is 1. The summed E-state index contributed by atoms with van der Waals surface area (Å²) in [4.78, 5) is 13.5. The van der Waals surface area contributed by atoms with Gasteiger partial charge in [0.05, 0.1) is 5.69 Å². The molecule has 1 unspecified atom stereocenters. The van der Waals surface area contributed by atoms with Crippen LogP contribution in [0.25, 0.3) is 0 Å². The van der Waals surface area contributed by atoms with E-state index in [1.54, 1.807) is 6.92 Å². The van der Waals surface area contributed by atoms with Crippen molar-refractivity contribution in [1.29, 1.82) is 0 Å². The van der Waals surface area contributed by atoms with Crippen molar-refractivity contribution in [1.82, 2.24) is 0 Å². The standard InChI is InChI=1S/C12H17N3O2/c1-8-12(16)14-10-7-9(15(2)6-5-13)3-4-11(10)17-8/h3-4,7-8H,5-6,13H2,1-2H3,(H,14,16). The zero-order chi connectivity index (χ0) is 12.4. The first-order valence-electron chi connectivity index (χ1n) is 5.64. The first kappa shape index (κ1) is 11.7. The predicted molar refractivity (Wildman–Crippen MR) is 67.5 cm³/mol. The molecule has 1 heterocycles. The Kier molecular flexibility index (Phi) is 3.19. The zero-order valence-electron chi connectivity index (χ0n) is 10.1. The Morgan fingerprint density at radius 1 is 1.53 bits per heavy atom. The minimum absolute atomic E-state index is 0.115. The molecule has 0 aromatic heterocycles. The van der Waals surface area contributed by atoms with Crippen LogP contribution in [0.4, 0.5) is 11.4 Å². The monoisotopic (exact) mass is 235 g/mol. The highest BCUT2D eigenvalue weighted by molar-refractivity contribution is 5.98. The van der Waals surface area contributed by atoms with Crippen molar-refractivity contribution in [2.24, 2.45) is 5.73 Å². The van der Waals surface area contributed by atoms with Crippen LogP contribution >= 0.6 is 0 Å². The summed E-state index contributed by atoms with van der Waals surface area (Å²) < 4.78 is 5.48. The van der Waals surface area contributed by atoms with Crippen molar-refractivity contribution in [2.45, 2.75) is 13.0 Å². The number of likely N-dealkylation sites (N-methyl/N-ethyl adjacent to an activating group) is 1. The second-order valence-electron chi connectivity index (χ2n) is 4.14. The van der Waals surface area contributed by atoms with E-state index >= 15 is 0 Å². The Labute approximate surface area is 101 Å². The molecule has 0 spiro atoms. The van der Waals surface area contributed by atoms with Crippen LogP contribution < -0.4 is 20.7 Å². The highest BCUT2D eigenvalue weighted by Gasteiger charge is 2.23. The number of hydrogen-bond acceptors (Lipinski definition) is 4. The van der Waals surface area contributed by atoms with Gasteiger partial charge in [-0.15, -0.1) is 0 Å².